The van der Waals surface area contributed by atoms with Gasteiger partial charge in [-0.15, -0.1) is 11.8 Å². The van der Waals surface area contributed by atoms with Gasteiger partial charge in [0.25, 0.3) is 0 Å². The predicted molar refractivity (Wildman–Crippen MR) is 108 cm³/mol. The van der Waals surface area contributed by atoms with Gasteiger partial charge in [-0.1, -0.05) is 12.1 Å². The molecule has 3 aromatic rings. The molecule has 0 saturated carbocycles. The van der Waals surface area contributed by atoms with Crippen molar-refractivity contribution < 1.29 is 14.3 Å². The third-order valence-electron chi connectivity index (χ3n) is 3.63. The highest BCUT2D eigenvalue weighted by Gasteiger charge is 2.07. The fourth-order valence-electron chi connectivity index (χ4n) is 2.30. The second-order valence-corrected chi connectivity index (χ2v) is 6.33. The summed E-state index contributed by atoms with van der Waals surface area (Å²) >= 11 is 1.65. The molecular weight excluding hydrogens is 362 g/mol. The van der Waals surface area contributed by atoms with E-state index in [0.717, 1.165) is 10.6 Å². The lowest BCUT2D eigenvalue weighted by molar-refractivity contribution is 0.262. The van der Waals surface area contributed by atoms with Gasteiger partial charge < -0.3 is 20.1 Å². The number of thioether (sulfide) groups is 1. The smallest absolute Gasteiger partial charge is 0.323 e. The zero-order chi connectivity index (χ0) is 19.1. The summed E-state index contributed by atoms with van der Waals surface area (Å²) in [5.74, 6) is 1.59. The minimum Gasteiger partial charge on any atom is -0.493 e. The molecule has 0 saturated heterocycles. The fraction of sp³-hybridized carbons (Fsp3) is 0.100. The van der Waals surface area contributed by atoms with Crippen LogP contribution in [0.4, 0.5) is 16.2 Å². The molecule has 27 heavy (non-hydrogen) atoms. The molecule has 0 fully saturated rings. The van der Waals surface area contributed by atoms with Crippen molar-refractivity contribution in [3.63, 3.8) is 0 Å². The SMILES string of the molecule is COc1ccccc1Oc1ccc(NC(=O)Nc2ccc(SC)cc2)cn1. The van der Waals surface area contributed by atoms with Crippen molar-refractivity contribution >= 4 is 29.2 Å². The lowest BCUT2D eigenvalue weighted by atomic mass is 10.3. The Kier molecular flexibility index (Phi) is 6.17. The van der Waals surface area contributed by atoms with Gasteiger partial charge in [-0.2, -0.15) is 0 Å². The van der Waals surface area contributed by atoms with Crippen LogP contribution in [0.1, 0.15) is 0 Å². The number of hydrogen-bond acceptors (Lipinski definition) is 5. The lowest BCUT2D eigenvalue weighted by Crippen LogP contribution is -2.19. The molecule has 6 nitrogen and oxygen atoms in total. The number of carbonyl (C=O) groups excluding carboxylic acids is 1. The second kappa shape index (κ2) is 8.95. The maximum atomic E-state index is 12.1. The Hall–Kier alpha value is -3.19. The van der Waals surface area contributed by atoms with E-state index in [4.69, 9.17) is 9.47 Å². The highest BCUT2D eigenvalue weighted by atomic mass is 32.2. The first-order valence-corrected chi connectivity index (χ1v) is 9.39. The number of para-hydroxylation sites is 2. The summed E-state index contributed by atoms with van der Waals surface area (Å²) in [5, 5.41) is 5.51. The number of ether oxygens (including phenoxy) is 2. The van der Waals surface area contributed by atoms with Crippen LogP contribution in [-0.2, 0) is 0 Å². The van der Waals surface area contributed by atoms with Gasteiger partial charge in [-0.25, -0.2) is 9.78 Å². The van der Waals surface area contributed by atoms with Crippen molar-refractivity contribution in [3.05, 3.63) is 66.9 Å². The second-order valence-electron chi connectivity index (χ2n) is 5.45. The van der Waals surface area contributed by atoms with Crippen LogP contribution in [0.15, 0.2) is 71.8 Å². The van der Waals surface area contributed by atoms with Crippen LogP contribution in [0.5, 0.6) is 17.4 Å². The first kappa shape index (κ1) is 18.6. The molecule has 2 amide bonds. The molecule has 1 aromatic heterocycles. The number of urea groups is 1. The summed E-state index contributed by atoms with van der Waals surface area (Å²) in [4.78, 5) is 17.4. The Morgan fingerprint density at radius 1 is 0.926 bits per heavy atom. The highest BCUT2D eigenvalue weighted by molar-refractivity contribution is 7.98. The van der Waals surface area contributed by atoms with E-state index < -0.39 is 0 Å². The van der Waals surface area contributed by atoms with Gasteiger partial charge >= 0.3 is 6.03 Å². The number of methoxy groups -OCH3 is 1. The molecule has 0 unspecified atom stereocenters. The molecule has 0 radical (unpaired) electrons. The number of pyridine rings is 1. The van der Waals surface area contributed by atoms with Crippen molar-refractivity contribution in [1.29, 1.82) is 0 Å². The zero-order valence-corrected chi connectivity index (χ0v) is 15.7. The standard InChI is InChI=1S/C20H19N3O3S/c1-25-17-5-3-4-6-18(17)26-19-12-9-15(13-21-19)23-20(24)22-14-7-10-16(27-2)11-8-14/h3-13H,1-2H3,(H2,22,23,24). The van der Waals surface area contributed by atoms with E-state index in [0.29, 0.717) is 23.1 Å². The van der Waals surface area contributed by atoms with Gasteiger partial charge in [-0.3, -0.25) is 0 Å². The molecule has 0 aliphatic rings. The summed E-state index contributed by atoms with van der Waals surface area (Å²) < 4.78 is 11.0. The van der Waals surface area contributed by atoms with E-state index in [1.807, 2.05) is 42.7 Å². The molecule has 0 aliphatic heterocycles. The zero-order valence-electron chi connectivity index (χ0n) is 14.9. The molecule has 2 N–H and O–H groups in total. The Morgan fingerprint density at radius 2 is 1.59 bits per heavy atom. The molecule has 3 rings (SSSR count). The van der Waals surface area contributed by atoms with Gasteiger partial charge in [0.1, 0.15) is 0 Å². The summed E-state index contributed by atoms with van der Waals surface area (Å²) in [6.45, 7) is 0. The third-order valence-corrected chi connectivity index (χ3v) is 4.37. The fourth-order valence-corrected chi connectivity index (χ4v) is 2.71. The molecule has 1 heterocycles. The molecule has 7 heteroatoms. The summed E-state index contributed by atoms with van der Waals surface area (Å²) in [6.07, 6.45) is 3.53. The van der Waals surface area contributed by atoms with Crippen molar-refractivity contribution in [2.24, 2.45) is 0 Å². The van der Waals surface area contributed by atoms with Crippen LogP contribution in [-0.4, -0.2) is 24.4 Å². The van der Waals surface area contributed by atoms with Crippen LogP contribution in [0.25, 0.3) is 0 Å². The van der Waals surface area contributed by atoms with E-state index >= 15 is 0 Å². The Bertz CT molecular complexity index is 899. The molecule has 0 bridgehead atoms. The molecule has 0 aliphatic carbocycles. The van der Waals surface area contributed by atoms with Crippen LogP contribution >= 0.6 is 11.8 Å². The van der Waals surface area contributed by atoms with Crippen LogP contribution in [0.2, 0.25) is 0 Å². The minimum atomic E-state index is -0.341. The average molecular weight is 381 g/mol. The molecule has 0 atom stereocenters. The Morgan fingerprint density at radius 3 is 2.22 bits per heavy atom. The maximum absolute atomic E-state index is 12.1. The normalized spacial score (nSPS) is 10.1. The number of rotatable bonds is 6. The van der Waals surface area contributed by atoms with E-state index in [2.05, 4.69) is 15.6 Å². The predicted octanol–water partition coefficient (Wildman–Crippen LogP) is 5.25. The van der Waals surface area contributed by atoms with Gasteiger partial charge in [0.15, 0.2) is 11.5 Å². The molecular formula is C20H19N3O3S. The highest BCUT2D eigenvalue weighted by Crippen LogP contribution is 2.30. The van der Waals surface area contributed by atoms with Crippen LogP contribution in [0, 0.1) is 0 Å². The first-order valence-electron chi connectivity index (χ1n) is 8.17. The number of amides is 2. The number of nitrogens with one attached hydrogen (secondary N) is 2. The van der Waals surface area contributed by atoms with Gasteiger partial charge in [0.2, 0.25) is 5.88 Å². The van der Waals surface area contributed by atoms with E-state index in [1.54, 1.807) is 43.1 Å². The minimum absolute atomic E-state index is 0.341. The number of benzene rings is 2. The third kappa shape index (κ3) is 5.15. The van der Waals surface area contributed by atoms with Crippen LogP contribution in [0.3, 0.4) is 0 Å². The number of nitrogens with zero attached hydrogens (tertiary/aromatic N) is 1. The average Bonchev–Trinajstić information content (AvgIpc) is 2.70. The van der Waals surface area contributed by atoms with Crippen molar-refractivity contribution in [2.75, 3.05) is 24.0 Å². The van der Waals surface area contributed by atoms with Gasteiger partial charge in [-0.05, 0) is 48.7 Å². The quantitative estimate of drug-likeness (QED) is 0.571. The van der Waals surface area contributed by atoms with Crippen molar-refractivity contribution in [1.82, 2.24) is 4.98 Å². The molecule has 0 spiro atoms. The van der Waals surface area contributed by atoms with Gasteiger partial charge in [0, 0.05) is 16.6 Å². The molecule has 2 aromatic carbocycles. The summed E-state index contributed by atoms with van der Waals surface area (Å²) in [7, 11) is 1.58. The Labute approximate surface area is 161 Å². The van der Waals surface area contributed by atoms with E-state index in [1.165, 1.54) is 6.20 Å². The summed E-state index contributed by atoms with van der Waals surface area (Å²) in [5.41, 5.74) is 1.27. The van der Waals surface area contributed by atoms with E-state index in [9.17, 15) is 4.79 Å². The van der Waals surface area contributed by atoms with Crippen LogP contribution < -0.4 is 20.1 Å². The molecule has 138 valence electrons. The largest absolute Gasteiger partial charge is 0.493 e. The first-order chi connectivity index (χ1) is 13.2. The maximum Gasteiger partial charge on any atom is 0.323 e. The van der Waals surface area contributed by atoms with Gasteiger partial charge in [0.05, 0.1) is 19.0 Å². The van der Waals surface area contributed by atoms with Crippen molar-refractivity contribution in [3.8, 4) is 17.4 Å². The number of carbonyl (C=O) groups is 1. The Balaban J connectivity index is 1.59. The van der Waals surface area contributed by atoms with Crippen molar-refractivity contribution in [2.45, 2.75) is 4.90 Å². The summed E-state index contributed by atoms with van der Waals surface area (Å²) in [6, 6.07) is 18.0. The monoisotopic (exact) mass is 381 g/mol. The number of aromatic nitrogens is 1. The number of anilines is 2. The van der Waals surface area contributed by atoms with E-state index in [-0.39, 0.29) is 6.03 Å². The topological polar surface area (TPSA) is 72.5 Å². The number of hydrogen-bond donors (Lipinski definition) is 2. The lowest BCUT2D eigenvalue weighted by Gasteiger charge is -2.10.